The molecule has 1 heterocycles. The van der Waals surface area contributed by atoms with Crippen molar-refractivity contribution in [1.82, 2.24) is 5.32 Å². The summed E-state index contributed by atoms with van der Waals surface area (Å²) in [5, 5.41) is 3.11. The van der Waals surface area contributed by atoms with Crippen LogP contribution in [0, 0.1) is 5.82 Å². The van der Waals surface area contributed by atoms with Crippen LogP contribution >= 0.6 is 11.6 Å². The Kier molecular flexibility index (Phi) is 5.59. The Morgan fingerprint density at radius 1 is 1.12 bits per heavy atom. The fraction of sp³-hybridized carbons (Fsp3) is 0.350. The lowest BCUT2D eigenvalue weighted by molar-refractivity contribution is 0.0936. The summed E-state index contributed by atoms with van der Waals surface area (Å²) in [7, 11) is 0. The Labute approximate surface area is 152 Å². The van der Waals surface area contributed by atoms with Crippen molar-refractivity contribution in [2.75, 3.05) is 18.0 Å². The quantitative estimate of drug-likeness (QED) is 0.835. The summed E-state index contributed by atoms with van der Waals surface area (Å²) in [4.78, 5) is 14.7. The zero-order valence-electron chi connectivity index (χ0n) is 14.3. The highest BCUT2D eigenvalue weighted by Gasteiger charge is 2.16. The van der Waals surface area contributed by atoms with Crippen LogP contribution in [0.1, 0.15) is 48.1 Å². The van der Waals surface area contributed by atoms with Crippen LogP contribution in [0.3, 0.4) is 0 Å². The lowest BCUT2D eigenvalue weighted by Gasteiger charge is -2.29. The highest BCUT2D eigenvalue weighted by Crippen LogP contribution is 2.23. The molecule has 0 radical (unpaired) electrons. The smallest absolute Gasteiger partial charge is 0.254 e. The Balaban J connectivity index is 1.66. The van der Waals surface area contributed by atoms with Crippen LogP contribution in [-0.2, 0) is 0 Å². The molecular formula is C20H22ClFN2O. The van der Waals surface area contributed by atoms with E-state index in [9.17, 15) is 9.18 Å². The van der Waals surface area contributed by atoms with Crippen LogP contribution in [0.4, 0.5) is 10.1 Å². The predicted octanol–water partition coefficient (Wildman–Crippen LogP) is 4.96. The fourth-order valence-electron chi connectivity index (χ4n) is 3.16. The average Bonchev–Trinajstić information content (AvgIpc) is 2.62. The van der Waals surface area contributed by atoms with Crippen LogP contribution in [0.2, 0.25) is 5.02 Å². The molecule has 2 aromatic carbocycles. The highest BCUT2D eigenvalue weighted by atomic mass is 35.5. The van der Waals surface area contributed by atoms with Crippen molar-refractivity contribution in [2.45, 2.75) is 32.2 Å². The zero-order valence-corrected chi connectivity index (χ0v) is 15.0. The molecule has 3 nitrogen and oxygen atoms in total. The largest absolute Gasteiger partial charge is 0.372 e. The summed E-state index contributed by atoms with van der Waals surface area (Å²) in [6.45, 7) is 4.09. The van der Waals surface area contributed by atoms with Gasteiger partial charge in [-0.25, -0.2) is 4.39 Å². The first-order valence-electron chi connectivity index (χ1n) is 8.65. The number of hydrogen-bond acceptors (Lipinski definition) is 2. The van der Waals surface area contributed by atoms with Crippen molar-refractivity contribution in [2.24, 2.45) is 0 Å². The molecule has 0 bridgehead atoms. The molecule has 0 saturated carbocycles. The topological polar surface area (TPSA) is 32.3 Å². The summed E-state index contributed by atoms with van der Waals surface area (Å²) in [6, 6.07) is 12.1. The van der Waals surface area contributed by atoms with Crippen LogP contribution in [-0.4, -0.2) is 19.0 Å². The minimum atomic E-state index is -0.613. The first kappa shape index (κ1) is 17.7. The maximum atomic E-state index is 13.9. The van der Waals surface area contributed by atoms with E-state index in [4.69, 9.17) is 11.6 Å². The molecule has 0 unspecified atom stereocenters. The molecule has 1 amide bonds. The first-order valence-corrected chi connectivity index (χ1v) is 9.03. The van der Waals surface area contributed by atoms with Gasteiger partial charge >= 0.3 is 0 Å². The lowest BCUT2D eigenvalue weighted by atomic mass is 10.1. The van der Waals surface area contributed by atoms with Crippen molar-refractivity contribution < 1.29 is 9.18 Å². The standard InChI is InChI=1S/C20H22ClFN2O/c1-14(23-20(25)18-10-7-16(21)13-19(18)22)15-5-8-17(9-6-15)24-11-3-2-4-12-24/h5-10,13-14H,2-4,11-12H2,1H3,(H,23,25)/t14-/m1/s1. The number of nitrogens with zero attached hydrogens (tertiary/aromatic N) is 1. The second-order valence-corrected chi connectivity index (χ2v) is 6.89. The summed E-state index contributed by atoms with van der Waals surface area (Å²) in [5.74, 6) is -1.06. The van der Waals surface area contributed by atoms with Gasteiger partial charge in [-0.2, -0.15) is 0 Å². The highest BCUT2D eigenvalue weighted by molar-refractivity contribution is 6.30. The number of halogens is 2. The van der Waals surface area contributed by atoms with E-state index in [1.165, 1.54) is 37.1 Å². The number of hydrogen-bond donors (Lipinski definition) is 1. The maximum absolute atomic E-state index is 13.9. The summed E-state index contributed by atoms with van der Waals surface area (Å²) < 4.78 is 13.9. The second kappa shape index (κ2) is 7.87. The lowest BCUT2D eigenvalue weighted by Crippen LogP contribution is -2.29. The zero-order chi connectivity index (χ0) is 17.8. The van der Waals surface area contributed by atoms with Gasteiger partial charge in [0.2, 0.25) is 0 Å². The Bertz CT molecular complexity index is 742. The van der Waals surface area contributed by atoms with Gasteiger partial charge < -0.3 is 10.2 Å². The van der Waals surface area contributed by atoms with E-state index in [-0.39, 0.29) is 16.6 Å². The molecule has 0 aliphatic carbocycles. The number of amides is 1. The van der Waals surface area contributed by atoms with Gasteiger partial charge in [0, 0.05) is 23.8 Å². The van der Waals surface area contributed by atoms with Gasteiger partial charge in [0.25, 0.3) is 5.91 Å². The van der Waals surface area contributed by atoms with Crippen LogP contribution in [0.25, 0.3) is 0 Å². The third kappa shape index (κ3) is 4.31. The molecular weight excluding hydrogens is 339 g/mol. The molecule has 0 aromatic heterocycles. The number of carbonyl (C=O) groups excluding carboxylic acids is 1. The molecule has 1 aliphatic rings. The van der Waals surface area contributed by atoms with Crippen molar-refractivity contribution in [3.63, 3.8) is 0 Å². The van der Waals surface area contributed by atoms with Gasteiger partial charge in [0.05, 0.1) is 11.6 Å². The molecule has 132 valence electrons. The number of carbonyl (C=O) groups is 1. The van der Waals surface area contributed by atoms with E-state index in [2.05, 4.69) is 22.3 Å². The van der Waals surface area contributed by atoms with E-state index in [1.807, 2.05) is 19.1 Å². The van der Waals surface area contributed by atoms with Crippen molar-refractivity contribution in [1.29, 1.82) is 0 Å². The minimum Gasteiger partial charge on any atom is -0.372 e. The third-order valence-electron chi connectivity index (χ3n) is 4.64. The fourth-order valence-corrected chi connectivity index (χ4v) is 3.32. The number of benzene rings is 2. The van der Waals surface area contributed by atoms with Crippen molar-refractivity contribution in [3.05, 3.63) is 64.4 Å². The minimum absolute atomic E-state index is 0.00110. The van der Waals surface area contributed by atoms with E-state index in [0.717, 1.165) is 24.7 Å². The average molecular weight is 361 g/mol. The predicted molar refractivity (Wildman–Crippen MR) is 99.8 cm³/mol. The molecule has 1 fully saturated rings. The normalized spacial score (nSPS) is 15.7. The SMILES string of the molecule is C[C@@H](NC(=O)c1ccc(Cl)cc1F)c1ccc(N2CCCCC2)cc1. The second-order valence-electron chi connectivity index (χ2n) is 6.46. The van der Waals surface area contributed by atoms with E-state index < -0.39 is 11.7 Å². The molecule has 5 heteroatoms. The van der Waals surface area contributed by atoms with Gasteiger partial charge in [0.1, 0.15) is 5.82 Å². The molecule has 0 spiro atoms. The molecule has 3 rings (SSSR count). The van der Waals surface area contributed by atoms with E-state index in [0.29, 0.717) is 0 Å². The molecule has 1 N–H and O–H groups in total. The Morgan fingerprint density at radius 2 is 1.80 bits per heavy atom. The van der Waals surface area contributed by atoms with Crippen LogP contribution < -0.4 is 10.2 Å². The van der Waals surface area contributed by atoms with Crippen molar-refractivity contribution in [3.8, 4) is 0 Å². The van der Waals surface area contributed by atoms with Gasteiger partial charge in [0.15, 0.2) is 0 Å². The number of nitrogens with one attached hydrogen (secondary N) is 1. The maximum Gasteiger partial charge on any atom is 0.254 e. The summed E-state index contributed by atoms with van der Waals surface area (Å²) >= 11 is 5.73. The van der Waals surface area contributed by atoms with Gasteiger partial charge in [-0.3, -0.25) is 4.79 Å². The van der Waals surface area contributed by atoms with Crippen LogP contribution in [0.5, 0.6) is 0 Å². The number of anilines is 1. The van der Waals surface area contributed by atoms with E-state index >= 15 is 0 Å². The van der Waals surface area contributed by atoms with Gasteiger partial charge in [-0.15, -0.1) is 0 Å². The molecule has 2 aromatic rings. The number of rotatable bonds is 4. The third-order valence-corrected chi connectivity index (χ3v) is 4.87. The summed E-state index contributed by atoms with van der Waals surface area (Å²) in [6.07, 6.45) is 3.78. The Hall–Kier alpha value is -2.07. The molecule has 1 atom stereocenters. The Morgan fingerprint density at radius 3 is 2.44 bits per heavy atom. The van der Waals surface area contributed by atoms with Gasteiger partial charge in [-0.05, 0) is 62.1 Å². The molecule has 1 aliphatic heterocycles. The monoisotopic (exact) mass is 360 g/mol. The van der Waals surface area contributed by atoms with Gasteiger partial charge in [-0.1, -0.05) is 23.7 Å². The number of piperidine rings is 1. The molecule has 25 heavy (non-hydrogen) atoms. The molecule has 1 saturated heterocycles. The van der Waals surface area contributed by atoms with E-state index in [1.54, 1.807) is 0 Å². The van der Waals surface area contributed by atoms with Crippen LogP contribution in [0.15, 0.2) is 42.5 Å². The first-order chi connectivity index (χ1) is 12.0. The summed E-state index contributed by atoms with van der Waals surface area (Å²) in [5.41, 5.74) is 2.20. The van der Waals surface area contributed by atoms with Crippen molar-refractivity contribution >= 4 is 23.2 Å².